The molecule has 1 aliphatic heterocycles. The maximum atomic E-state index is 13.6. The fraction of sp³-hybridized carbons (Fsp3) is 0.538. The summed E-state index contributed by atoms with van der Waals surface area (Å²) in [6.45, 7) is 6.46. The second-order valence-corrected chi connectivity index (χ2v) is 11.4. The van der Waals surface area contributed by atoms with Crippen LogP contribution < -0.4 is 5.32 Å². The van der Waals surface area contributed by atoms with Crippen molar-refractivity contribution < 1.29 is 23.5 Å². The summed E-state index contributed by atoms with van der Waals surface area (Å²) in [5.74, 6) is 0.720. The average molecular weight is 517 g/mol. The first kappa shape index (κ1) is 24.7. The van der Waals surface area contributed by atoms with E-state index in [1.807, 2.05) is 25.3 Å². The largest absolute Gasteiger partial charge is 0.444 e. The summed E-state index contributed by atoms with van der Waals surface area (Å²) in [4.78, 5) is 44.6. The van der Waals surface area contributed by atoms with Crippen LogP contribution in [-0.4, -0.2) is 44.4 Å². The number of benzene rings is 1. The van der Waals surface area contributed by atoms with Crippen LogP contribution in [0.25, 0.3) is 0 Å². The van der Waals surface area contributed by atoms with Crippen LogP contribution in [-0.2, 0) is 22.6 Å². The summed E-state index contributed by atoms with van der Waals surface area (Å²) in [5, 5.41) is 2.76. The minimum Gasteiger partial charge on any atom is -0.444 e. The molecule has 0 bridgehead atoms. The highest BCUT2D eigenvalue weighted by molar-refractivity contribution is 6.31. The van der Waals surface area contributed by atoms with Crippen molar-refractivity contribution in [2.75, 3.05) is 11.9 Å². The van der Waals surface area contributed by atoms with Crippen molar-refractivity contribution in [2.24, 2.45) is 11.8 Å². The third-order valence-electron chi connectivity index (χ3n) is 7.25. The van der Waals surface area contributed by atoms with Gasteiger partial charge in [0.15, 0.2) is 0 Å². The van der Waals surface area contributed by atoms with E-state index in [9.17, 15) is 18.8 Å². The molecule has 3 aliphatic rings. The fourth-order valence-electron chi connectivity index (χ4n) is 5.73. The van der Waals surface area contributed by atoms with Crippen molar-refractivity contribution >= 4 is 35.1 Å². The fourth-order valence-corrected chi connectivity index (χ4v) is 5.91. The van der Waals surface area contributed by atoms with Crippen LogP contribution in [0.15, 0.2) is 18.2 Å². The van der Waals surface area contributed by atoms with E-state index in [1.165, 1.54) is 18.2 Å². The molecule has 2 fully saturated rings. The normalized spacial score (nSPS) is 23.4. The number of hydrogen-bond donors (Lipinski definition) is 1. The maximum absolute atomic E-state index is 13.6. The Morgan fingerprint density at radius 1 is 1.17 bits per heavy atom. The van der Waals surface area contributed by atoms with Crippen LogP contribution in [0.3, 0.4) is 0 Å². The van der Waals surface area contributed by atoms with Gasteiger partial charge in [-0.15, -0.1) is 0 Å². The molecule has 2 aliphatic carbocycles. The minimum atomic E-state index is -0.615. The van der Waals surface area contributed by atoms with Crippen molar-refractivity contribution in [3.63, 3.8) is 0 Å². The number of ketones is 1. The van der Waals surface area contributed by atoms with Gasteiger partial charge < -0.3 is 14.6 Å². The number of nitrogens with one attached hydrogen (secondary N) is 1. The molecule has 0 radical (unpaired) electrons. The number of Topliss-reactive ketones (excluding diaryl/α,β-unsaturated/α-hetero) is 1. The third-order valence-corrected chi connectivity index (χ3v) is 7.54. The molecule has 0 spiro atoms. The van der Waals surface area contributed by atoms with E-state index in [-0.39, 0.29) is 23.4 Å². The van der Waals surface area contributed by atoms with Crippen LogP contribution >= 0.6 is 11.6 Å². The molecule has 2 atom stereocenters. The molecule has 5 rings (SSSR count). The molecule has 2 amide bonds. The molecule has 2 aromatic rings. The first-order chi connectivity index (χ1) is 17.0. The van der Waals surface area contributed by atoms with Gasteiger partial charge >= 0.3 is 6.09 Å². The van der Waals surface area contributed by atoms with Crippen LogP contribution in [0.5, 0.6) is 0 Å². The quantitative estimate of drug-likeness (QED) is 0.609. The summed E-state index contributed by atoms with van der Waals surface area (Å²) < 4.78 is 21.0. The van der Waals surface area contributed by atoms with E-state index in [4.69, 9.17) is 21.3 Å². The van der Waals surface area contributed by atoms with Gasteiger partial charge in [0.2, 0.25) is 0 Å². The Morgan fingerprint density at radius 3 is 2.50 bits per heavy atom. The van der Waals surface area contributed by atoms with Gasteiger partial charge in [0.05, 0.1) is 17.3 Å². The molecule has 2 saturated carbocycles. The Morgan fingerprint density at radius 2 is 1.86 bits per heavy atom. The smallest absolute Gasteiger partial charge is 0.410 e. The molecule has 0 saturated heterocycles. The Labute approximate surface area is 214 Å². The van der Waals surface area contributed by atoms with Gasteiger partial charge in [-0.05, 0) is 63.6 Å². The highest BCUT2D eigenvalue weighted by atomic mass is 35.5. The van der Waals surface area contributed by atoms with Gasteiger partial charge in [-0.25, -0.2) is 14.2 Å². The number of ether oxygens (including phenoxy) is 1. The second-order valence-electron chi connectivity index (χ2n) is 11.0. The lowest BCUT2D eigenvalue weighted by molar-refractivity contribution is -0.117. The lowest BCUT2D eigenvalue weighted by atomic mass is 9.97. The van der Waals surface area contributed by atoms with Crippen molar-refractivity contribution in [3.8, 4) is 0 Å². The highest BCUT2D eigenvalue weighted by Gasteiger charge is 2.44. The van der Waals surface area contributed by atoms with E-state index in [1.54, 1.807) is 4.90 Å². The zero-order chi connectivity index (χ0) is 25.8. The van der Waals surface area contributed by atoms with Crippen molar-refractivity contribution in [3.05, 3.63) is 46.3 Å². The number of imidazole rings is 1. The van der Waals surface area contributed by atoms with Gasteiger partial charge in [-0.3, -0.25) is 14.5 Å². The van der Waals surface area contributed by atoms with Crippen LogP contribution in [0, 0.1) is 17.7 Å². The SMILES string of the molecule is CC(C)(C)OC(=O)N1CCn2c(nc(C3CC4CC(=O)CC4C3)c2C(=O)Nc2ccc(F)c(Cl)c2)C1. The Balaban J connectivity index is 1.45. The van der Waals surface area contributed by atoms with Gasteiger partial charge in [0.25, 0.3) is 5.91 Å². The Hall–Kier alpha value is -2.94. The molecule has 192 valence electrons. The lowest BCUT2D eigenvalue weighted by Gasteiger charge is -2.30. The number of carbonyl (C=O) groups excluding carboxylic acids is 3. The standard InChI is InChI=1S/C26H30ClFN4O4/c1-26(2,3)36-25(35)31-6-7-32-21(13-31)30-22(16-8-14-10-18(33)11-15(14)9-16)23(32)24(34)29-17-4-5-20(28)19(27)12-17/h4-5,12,14-16H,6-11,13H2,1-3H3,(H,29,34). The number of anilines is 1. The Kier molecular flexibility index (Phi) is 6.31. The average Bonchev–Trinajstić information content (AvgIpc) is 3.44. The predicted molar refractivity (Wildman–Crippen MR) is 131 cm³/mol. The zero-order valence-electron chi connectivity index (χ0n) is 20.6. The summed E-state index contributed by atoms with van der Waals surface area (Å²) in [6.07, 6.45) is 2.39. The number of halogens is 2. The molecular weight excluding hydrogens is 487 g/mol. The first-order valence-electron chi connectivity index (χ1n) is 12.3. The third kappa shape index (κ3) is 4.85. The molecular formula is C26H30ClFN4O4. The number of rotatable bonds is 3. The molecule has 1 aromatic heterocycles. The molecule has 36 heavy (non-hydrogen) atoms. The predicted octanol–water partition coefficient (Wildman–Crippen LogP) is 5.15. The maximum Gasteiger partial charge on any atom is 0.410 e. The minimum absolute atomic E-state index is 0.0544. The molecule has 1 N–H and O–H groups in total. The second kappa shape index (κ2) is 9.18. The van der Waals surface area contributed by atoms with E-state index < -0.39 is 17.5 Å². The molecule has 1 aromatic carbocycles. The molecule has 2 heterocycles. The topological polar surface area (TPSA) is 93.5 Å². The summed E-state index contributed by atoms with van der Waals surface area (Å²) in [7, 11) is 0. The summed E-state index contributed by atoms with van der Waals surface area (Å²) in [6, 6.07) is 4.04. The van der Waals surface area contributed by atoms with Crippen molar-refractivity contribution in [2.45, 2.75) is 71.1 Å². The highest BCUT2D eigenvalue weighted by Crippen LogP contribution is 2.50. The van der Waals surface area contributed by atoms with E-state index in [2.05, 4.69) is 5.32 Å². The zero-order valence-corrected chi connectivity index (χ0v) is 21.4. The van der Waals surface area contributed by atoms with Gasteiger partial charge in [0.1, 0.15) is 28.7 Å². The number of aromatic nitrogens is 2. The Bertz CT molecular complexity index is 1220. The van der Waals surface area contributed by atoms with Crippen molar-refractivity contribution in [1.82, 2.24) is 14.5 Å². The lowest BCUT2D eigenvalue weighted by Crippen LogP contribution is -2.42. The number of carbonyl (C=O) groups is 3. The van der Waals surface area contributed by atoms with Gasteiger partial charge in [-0.2, -0.15) is 0 Å². The van der Waals surface area contributed by atoms with E-state index in [0.717, 1.165) is 12.8 Å². The van der Waals surface area contributed by atoms with Gasteiger partial charge in [0, 0.05) is 37.5 Å². The van der Waals surface area contributed by atoms with Gasteiger partial charge in [-0.1, -0.05) is 11.6 Å². The number of nitrogens with zero attached hydrogens (tertiary/aromatic N) is 3. The molecule has 2 unspecified atom stereocenters. The van der Waals surface area contributed by atoms with Crippen molar-refractivity contribution in [1.29, 1.82) is 0 Å². The van der Waals surface area contributed by atoms with Crippen LogP contribution in [0.4, 0.5) is 14.9 Å². The van der Waals surface area contributed by atoms with Crippen LogP contribution in [0.1, 0.15) is 74.4 Å². The molecule has 8 nitrogen and oxygen atoms in total. The molecule has 10 heteroatoms. The summed E-state index contributed by atoms with van der Waals surface area (Å²) >= 11 is 5.91. The van der Waals surface area contributed by atoms with E-state index >= 15 is 0 Å². The van der Waals surface area contributed by atoms with Crippen LogP contribution in [0.2, 0.25) is 5.02 Å². The number of hydrogen-bond acceptors (Lipinski definition) is 5. The summed E-state index contributed by atoms with van der Waals surface area (Å²) in [5.41, 5.74) is 0.914. The van der Waals surface area contributed by atoms with E-state index in [0.29, 0.717) is 66.4 Å². The monoisotopic (exact) mass is 516 g/mol. The first-order valence-corrected chi connectivity index (χ1v) is 12.7. The number of fused-ring (bicyclic) bond motifs is 2. The number of amides is 2.